The van der Waals surface area contributed by atoms with Gasteiger partial charge in [-0.25, -0.2) is 0 Å². The van der Waals surface area contributed by atoms with E-state index >= 15 is 0 Å². The van der Waals surface area contributed by atoms with Crippen LogP contribution < -0.4 is 23.7 Å². The average molecular weight is 428 g/mol. The van der Waals surface area contributed by atoms with E-state index in [0.29, 0.717) is 34.3 Å². The molecule has 0 spiro atoms. The van der Waals surface area contributed by atoms with Crippen LogP contribution >= 0.6 is 0 Å². The summed E-state index contributed by atoms with van der Waals surface area (Å²) in [5.74, 6) is 1.39. The summed E-state index contributed by atoms with van der Waals surface area (Å²) in [7, 11) is 4.64. The number of hydrogen-bond acceptors (Lipinski definition) is 8. The third-order valence-electron chi connectivity index (χ3n) is 6.81. The molecular weight excluding hydrogens is 404 g/mol. The Morgan fingerprint density at radius 3 is 2.13 bits per heavy atom. The van der Waals surface area contributed by atoms with Gasteiger partial charge in [-0.15, -0.1) is 0 Å². The van der Waals surface area contributed by atoms with Crippen molar-refractivity contribution >= 4 is 5.97 Å². The lowest BCUT2D eigenvalue weighted by atomic mass is 9.57. The zero-order chi connectivity index (χ0) is 21.9. The molecule has 5 rings (SSSR count). The van der Waals surface area contributed by atoms with Crippen LogP contribution in [0.25, 0.3) is 0 Å². The fourth-order valence-corrected chi connectivity index (χ4v) is 5.21. The Kier molecular flexibility index (Phi) is 4.44. The molecule has 2 aliphatic heterocycles. The van der Waals surface area contributed by atoms with E-state index in [2.05, 4.69) is 0 Å². The number of esters is 1. The molecule has 1 aliphatic carbocycles. The fraction of sp³-hybridized carbons (Fsp3) is 0.435. The molecule has 0 amide bonds. The number of methoxy groups -OCH3 is 3. The van der Waals surface area contributed by atoms with Gasteiger partial charge in [0, 0.05) is 11.8 Å². The van der Waals surface area contributed by atoms with Gasteiger partial charge in [0.2, 0.25) is 12.5 Å². The van der Waals surface area contributed by atoms with E-state index in [4.69, 9.17) is 28.4 Å². The number of benzene rings is 2. The monoisotopic (exact) mass is 428 g/mol. The smallest absolute Gasteiger partial charge is 0.313 e. The first-order chi connectivity index (χ1) is 14.9. The predicted molar refractivity (Wildman–Crippen MR) is 108 cm³/mol. The van der Waals surface area contributed by atoms with Gasteiger partial charge in [-0.3, -0.25) is 4.79 Å². The van der Waals surface area contributed by atoms with Gasteiger partial charge in [0.05, 0.1) is 39.5 Å². The standard InChI is InChI=1S/C23H24O8/c1-23-14(9-29-22(23)25)20(24)13-8-16-15(30-10-31-16)7-12(13)19(23)11-5-17(26-2)21(28-4)18(6-11)27-3/h5-8,14,19-20,24H,9-10H2,1-4H3/t14-,19-,20+,23-/m1/s1. The van der Waals surface area contributed by atoms with Crippen LogP contribution in [0.5, 0.6) is 28.7 Å². The second kappa shape index (κ2) is 6.95. The maximum Gasteiger partial charge on any atom is 0.313 e. The second-order valence-electron chi connectivity index (χ2n) is 8.16. The molecule has 0 bridgehead atoms. The summed E-state index contributed by atoms with van der Waals surface area (Å²) in [5.41, 5.74) is 1.27. The van der Waals surface area contributed by atoms with Crippen molar-refractivity contribution in [3.05, 3.63) is 41.0 Å². The van der Waals surface area contributed by atoms with E-state index in [-0.39, 0.29) is 19.4 Å². The zero-order valence-corrected chi connectivity index (χ0v) is 17.8. The van der Waals surface area contributed by atoms with Crippen molar-refractivity contribution in [2.45, 2.75) is 18.9 Å². The zero-order valence-electron chi connectivity index (χ0n) is 17.8. The minimum atomic E-state index is -0.995. The number of aliphatic hydroxyl groups is 1. The maximum atomic E-state index is 13.1. The van der Waals surface area contributed by atoms with Crippen molar-refractivity contribution in [3.63, 3.8) is 0 Å². The van der Waals surface area contributed by atoms with E-state index in [1.165, 1.54) is 0 Å². The van der Waals surface area contributed by atoms with Crippen LogP contribution in [0.2, 0.25) is 0 Å². The van der Waals surface area contributed by atoms with Gasteiger partial charge in [-0.1, -0.05) is 0 Å². The summed E-state index contributed by atoms with van der Waals surface area (Å²) < 4.78 is 33.1. The van der Waals surface area contributed by atoms with Gasteiger partial charge < -0.3 is 33.5 Å². The van der Waals surface area contributed by atoms with Crippen LogP contribution in [0.3, 0.4) is 0 Å². The molecule has 31 heavy (non-hydrogen) atoms. The molecule has 8 heteroatoms. The molecular formula is C23H24O8. The lowest BCUT2D eigenvalue weighted by Gasteiger charge is -2.44. The minimum absolute atomic E-state index is 0.117. The maximum absolute atomic E-state index is 13.1. The van der Waals surface area contributed by atoms with Crippen LogP contribution in [0.15, 0.2) is 24.3 Å². The molecule has 4 atom stereocenters. The molecule has 2 heterocycles. The van der Waals surface area contributed by atoms with E-state index < -0.39 is 23.4 Å². The SMILES string of the molecule is COc1cc([C@@H]2c3cc4c(cc3[C@H](O)[C@H]3COC(=O)[C@@]23C)OCO4)cc(OC)c1OC. The number of carbonyl (C=O) groups excluding carboxylic acids is 1. The number of hydrogen-bond donors (Lipinski definition) is 1. The molecule has 164 valence electrons. The molecule has 0 aromatic heterocycles. The topological polar surface area (TPSA) is 92.7 Å². The second-order valence-corrected chi connectivity index (χ2v) is 8.16. The Balaban J connectivity index is 1.79. The van der Waals surface area contributed by atoms with Crippen molar-refractivity contribution in [3.8, 4) is 28.7 Å². The Morgan fingerprint density at radius 2 is 1.55 bits per heavy atom. The summed E-state index contributed by atoms with van der Waals surface area (Å²) in [5, 5.41) is 11.2. The van der Waals surface area contributed by atoms with E-state index in [1.54, 1.807) is 27.4 Å². The highest BCUT2D eigenvalue weighted by Crippen LogP contribution is 2.61. The van der Waals surface area contributed by atoms with Crippen LogP contribution in [0.1, 0.15) is 35.6 Å². The van der Waals surface area contributed by atoms with Gasteiger partial charge in [-0.05, 0) is 47.9 Å². The molecule has 0 unspecified atom stereocenters. The van der Waals surface area contributed by atoms with Crippen LogP contribution in [0, 0.1) is 11.3 Å². The number of rotatable bonds is 4. The highest BCUT2D eigenvalue weighted by atomic mass is 16.7. The predicted octanol–water partition coefficient (Wildman–Crippen LogP) is 2.80. The van der Waals surface area contributed by atoms with Crippen molar-refractivity contribution in [2.24, 2.45) is 11.3 Å². The lowest BCUT2D eigenvalue weighted by Crippen LogP contribution is -2.44. The Labute approximate surface area is 179 Å². The van der Waals surface area contributed by atoms with E-state index in [1.807, 2.05) is 25.1 Å². The Morgan fingerprint density at radius 1 is 0.935 bits per heavy atom. The summed E-state index contributed by atoms with van der Waals surface area (Å²) in [6.07, 6.45) is -0.876. The fourth-order valence-electron chi connectivity index (χ4n) is 5.21. The summed E-state index contributed by atoms with van der Waals surface area (Å²) >= 11 is 0. The summed E-state index contributed by atoms with van der Waals surface area (Å²) in [6.45, 7) is 2.11. The highest BCUT2D eigenvalue weighted by molar-refractivity contribution is 5.83. The quantitative estimate of drug-likeness (QED) is 0.744. The van der Waals surface area contributed by atoms with E-state index in [9.17, 15) is 9.90 Å². The van der Waals surface area contributed by atoms with Crippen molar-refractivity contribution in [1.82, 2.24) is 0 Å². The van der Waals surface area contributed by atoms with Gasteiger partial charge in [0.15, 0.2) is 23.0 Å². The van der Waals surface area contributed by atoms with Crippen molar-refractivity contribution in [2.75, 3.05) is 34.7 Å². The van der Waals surface area contributed by atoms with Gasteiger partial charge >= 0.3 is 5.97 Å². The van der Waals surface area contributed by atoms with E-state index in [0.717, 1.165) is 11.1 Å². The first-order valence-electron chi connectivity index (χ1n) is 10.0. The molecule has 0 radical (unpaired) electrons. The number of carbonyl (C=O) groups is 1. The summed E-state index contributed by atoms with van der Waals surface area (Å²) in [4.78, 5) is 13.1. The molecule has 2 aromatic rings. The number of fused-ring (bicyclic) bond motifs is 3. The summed E-state index contributed by atoms with van der Waals surface area (Å²) in [6, 6.07) is 7.33. The van der Waals surface area contributed by atoms with Gasteiger partial charge in [-0.2, -0.15) is 0 Å². The average Bonchev–Trinajstić information content (AvgIpc) is 3.36. The van der Waals surface area contributed by atoms with Gasteiger partial charge in [0.25, 0.3) is 0 Å². The van der Waals surface area contributed by atoms with Crippen LogP contribution in [-0.2, 0) is 9.53 Å². The molecule has 8 nitrogen and oxygen atoms in total. The van der Waals surface area contributed by atoms with Crippen LogP contribution in [-0.4, -0.2) is 45.8 Å². The molecule has 3 aliphatic rings. The molecule has 0 saturated carbocycles. The van der Waals surface area contributed by atoms with Crippen molar-refractivity contribution in [1.29, 1.82) is 0 Å². The highest BCUT2D eigenvalue weighted by Gasteiger charge is 2.61. The third kappa shape index (κ3) is 2.61. The first kappa shape index (κ1) is 19.8. The van der Waals surface area contributed by atoms with Crippen molar-refractivity contribution < 1.29 is 38.3 Å². The number of cyclic esters (lactones) is 1. The Hall–Kier alpha value is -3.13. The molecule has 2 aromatic carbocycles. The van der Waals surface area contributed by atoms with Gasteiger partial charge in [0.1, 0.15) is 0 Å². The lowest BCUT2D eigenvalue weighted by molar-refractivity contribution is -0.147. The largest absolute Gasteiger partial charge is 0.493 e. The molecule has 1 N–H and O–H groups in total. The number of ether oxygens (including phenoxy) is 6. The Bertz CT molecular complexity index is 1040. The number of aliphatic hydroxyl groups excluding tert-OH is 1. The first-order valence-corrected chi connectivity index (χ1v) is 10.0. The minimum Gasteiger partial charge on any atom is -0.493 e. The normalized spacial score (nSPS) is 27.9. The van der Waals surface area contributed by atoms with Crippen LogP contribution in [0.4, 0.5) is 0 Å². The third-order valence-corrected chi connectivity index (χ3v) is 6.81. The molecule has 1 saturated heterocycles. The molecule has 1 fully saturated rings.